The first kappa shape index (κ1) is 19.7. The molecule has 180 valence electrons. The number of hydrogen-bond acceptors (Lipinski definition) is 5. The minimum Gasteiger partial charge on any atom is -0.507 e. The molecule has 1 aliphatic heterocycles. The second-order valence-electron chi connectivity index (χ2n) is 8.84. The quantitative estimate of drug-likeness (QED) is 0.442. The minimum absolute atomic E-state index is 0.107. The van der Waals surface area contributed by atoms with Crippen molar-refractivity contribution in [3.63, 3.8) is 0 Å². The van der Waals surface area contributed by atoms with Crippen LogP contribution in [0.1, 0.15) is 16.6 Å². The number of aromatic hydroxyl groups is 1. The molecule has 0 aliphatic carbocycles. The van der Waals surface area contributed by atoms with Gasteiger partial charge in [-0.2, -0.15) is 0 Å². The van der Waals surface area contributed by atoms with Crippen LogP contribution in [0.2, 0.25) is 5.02 Å². The molecule has 1 fully saturated rings. The van der Waals surface area contributed by atoms with Gasteiger partial charge in [0, 0.05) is 66.5 Å². The summed E-state index contributed by atoms with van der Waals surface area (Å²) >= 11 is 6.57. The molecule has 4 aromatic rings. The standard InChI is InChI=1S/C27H28ClN5O2/c1-17-12-21(19-4-5-24(23(28)14-19)33-11-10-31(3)27(33)35)26(34)22(13-17)20-6-7-30-25(15-20)32-9-8-29-16-18(32)2/h4-7,10-15,18,29,34H,8-9,16H2,1-3H3/t18-/m0/s1/i3D3. The van der Waals surface area contributed by atoms with Crippen molar-refractivity contribution in [1.82, 2.24) is 19.4 Å². The summed E-state index contributed by atoms with van der Waals surface area (Å²) in [6.45, 7) is 4.15. The van der Waals surface area contributed by atoms with Crippen molar-refractivity contribution >= 4 is 17.4 Å². The topological polar surface area (TPSA) is 75.3 Å². The molecule has 1 aliphatic rings. The van der Waals surface area contributed by atoms with Crippen LogP contribution < -0.4 is 15.9 Å². The number of rotatable bonds is 4. The molecule has 1 atom stereocenters. The Morgan fingerprint density at radius 1 is 1.14 bits per heavy atom. The van der Waals surface area contributed by atoms with Crippen LogP contribution in [0, 0.1) is 6.92 Å². The minimum atomic E-state index is -2.59. The maximum atomic E-state index is 12.6. The molecule has 3 heterocycles. The molecule has 35 heavy (non-hydrogen) atoms. The summed E-state index contributed by atoms with van der Waals surface area (Å²) in [5.74, 6) is 0.969. The maximum Gasteiger partial charge on any atom is 0.332 e. The molecule has 0 unspecified atom stereocenters. The van der Waals surface area contributed by atoms with E-state index in [1.807, 2.05) is 31.2 Å². The van der Waals surface area contributed by atoms with Gasteiger partial charge in [0.2, 0.25) is 0 Å². The van der Waals surface area contributed by atoms with E-state index in [0.717, 1.165) is 36.6 Å². The van der Waals surface area contributed by atoms with Crippen LogP contribution in [0.15, 0.2) is 65.8 Å². The molecule has 2 aromatic heterocycles. The molecule has 0 spiro atoms. The third-order valence-electron chi connectivity index (χ3n) is 6.40. The number of benzene rings is 2. The Morgan fingerprint density at radius 3 is 2.60 bits per heavy atom. The van der Waals surface area contributed by atoms with Crippen molar-refractivity contribution in [2.45, 2.75) is 19.9 Å². The summed E-state index contributed by atoms with van der Waals surface area (Å²) in [5.41, 5.74) is 3.37. The van der Waals surface area contributed by atoms with Gasteiger partial charge in [-0.15, -0.1) is 0 Å². The predicted molar refractivity (Wildman–Crippen MR) is 141 cm³/mol. The molecule has 0 saturated carbocycles. The van der Waals surface area contributed by atoms with Crippen LogP contribution in [-0.4, -0.2) is 44.9 Å². The van der Waals surface area contributed by atoms with Gasteiger partial charge in [0.1, 0.15) is 11.6 Å². The number of nitrogens with zero attached hydrogens (tertiary/aromatic N) is 4. The Kier molecular flexibility index (Phi) is 5.21. The number of pyridine rings is 1. The third kappa shape index (κ3) is 4.33. The van der Waals surface area contributed by atoms with E-state index < -0.39 is 12.7 Å². The Morgan fingerprint density at radius 2 is 1.91 bits per heavy atom. The number of halogens is 1. The number of piperazine rings is 1. The first-order valence-electron chi connectivity index (χ1n) is 12.9. The van der Waals surface area contributed by atoms with Crippen molar-refractivity contribution in [1.29, 1.82) is 0 Å². The van der Waals surface area contributed by atoms with Crippen LogP contribution >= 0.6 is 11.6 Å². The van der Waals surface area contributed by atoms with Gasteiger partial charge < -0.3 is 19.9 Å². The van der Waals surface area contributed by atoms with E-state index in [0.29, 0.717) is 33.0 Å². The van der Waals surface area contributed by atoms with E-state index in [-0.39, 0.29) is 10.8 Å². The zero-order valence-electron chi connectivity index (χ0n) is 22.5. The highest BCUT2D eigenvalue weighted by Crippen LogP contribution is 2.41. The molecule has 0 radical (unpaired) electrons. The van der Waals surface area contributed by atoms with E-state index in [2.05, 4.69) is 22.1 Å². The third-order valence-corrected chi connectivity index (χ3v) is 6.70. The van der Waals surface area contributed by atoms with Crippen LogP contribution in [0.25, 0.3) is 27.9 Å². The first-order chi connectivity index (χ1) is 18.0. The number of phenolic OH excluding ortho intramolecular Hbond substituents is 1. The summed E-state index contributed by atoms with van der Waals surface area (Å²) in [6, 6.07) is 13.0. The summed E-state index contributed by atoms with van der Waals surface area (Å²) in [7, 11) is 0. The SMILES string of the molecule is [2H]C([2H])([2H])n1ccn(-c2ccc(-c3cc(C)cc(-c4ccnc(N5CCNC[C@@H]5C)c4)c3O)cc2Cl)c1=O. The van der Waals surface area contributed by atoms with Crippen molar-refractivity contribution in [2.24, 2.45) is 6.98 Å². The average Bonchev–Trinajstić information content (AvgIpc) is 3.27. The zero-order chi connectivity index (χ0) is 27.2. The van der Waals surface area contributed by atoms with Crippen molar-refractivity contribution in [3.05, 3.63) is 82.1 Å². The molecule has 8 heteroatoms. The molecule has 2 N–H and O–H groups in total. The largest absolute Gasteiger partial charge is 0.507 e. The van der Waals surface area contributed by atoms with E-state index in [1.165, 1.54) is 17.0 Å². The molecular formula is C27H28ClN5O2. The zero-order valence-corrected chi connectivity index (χ0v) is 20.3. The smallest absolute Gasteiger partial charge is 0.332 e. The highest BCUT2D eigenvalue weighted by Gasteiger charge is 2.21. The lowest BCUT2D eigenvalue weighted by molar-refractivity contribution is 0.479. The van der Waals surface area contributed by atoms with Gasteiger partial charge >= 0.3 is 5.69 Å². The van der Waals surface area contributed by atoms with Crippen molar-refractivity contribution in [3.8, 4) is 33.7 Å². The lowest BCUT2D eigenvalue weighted by Gasteiger charge is -2.35. The number of aryl methyl sites for hydroxylation is 2. The summed E-state index contributed by atoms with van der Waals surface area (Å²) in [4.78, 5) is 19.5. The Labute approximate surface area is 213 Å². The van der Waals surface area contributed by atoms with Crippen molar-refractivity contribution < 1.29 is 9.22 Å². The normalized spacial score (nSPS) is 17.6. The highest BCUT2D eigenvalue weighted by molar-refractivity contribution is 6.32. The molecule has 0 amide bonds. The fourth-order valence-electron chi connectivity index (χ4n) is 4.57. The predicted octanol–water partition coefficient (Wildman–Crippen LogP) is 4.37. The second kappa shape index (κ2) is 9.24. The second-order valence-corrected chi connectivity index (χ2v) is 9.25. The Balaban J connectivity index is 1.53. The van der Waals surface area contributed by atoms with Gasteiger partial charge in [0.25, 0.3) is 0 Å². The number of aromatic nitrogens is 3. The Hall–Kier alpha value is -3.55. The first-order valence-corrected chi connectivity index (χ1v) is 11.8. The fourth-order valence-corrected chi connectivity index (χ4v) is 4.84. The number of hydrogen-bond donors (Lipinski definition) is 2. The van der Waals surface area contributed by atoms with Gasteiger partial charge in [-0.3, -0.25) is 4.57 Å². The van der Waals surface area contributed by atoms with Crippen molar-refractivity contribution in [2.75, 3.05) is 24.5 Å². The molecule has 7 nitrogen and oxygen atoms in total. The van der Waals surface area contributed by atoms with Gasteiger partial charge in [-0.1, -0.05) is 17.7 Å². The fraction of sp³-hybridized carbons (Fsp3) is 0.259. The van der Waals surface area contributed by atoms with Gasteiger partial charge in [-0.05, 0) is 66.9 Å². The van der Waals surface area contributed by atoms with Crippen LogP contribution in [-0.2, 0) is 6.98 Å². The molecule has 0 bridgehead atoms. The van der Waals surface area contributed by atoms with Gasteiger partial charge in [0.15, 0.2) is 0 Å². The highest BCUT2D eigenvalue weighted by atomic mass is 35.5. The van der Waals surface area contributed by atoms with E-state index >= 15 is 0 Å². The van der Waals surface area contributed by atoms with Crippen LogP contribution in [0.4, 0.5) is 5.82 Å². The van der Waals surface area contributed by atoms with Gasteiger partial charge in [0.05, 0.1) is 10.7 Å². The maximum absolute atomic E-state index is 12.6. The van der Waals surface area contributed by atoms with E-state index in [9.17, 15) is 9.90 Å². The van der Waals surface area contributed by atoms with Crippen LogP contribution in [0.3, 0.4) is 0 Å². The lowest BCUT2D eigenvalue weighted by Crippen LogP contribution is -2.50. The average molecular weight is 493 g/mol. The summed E-state index contributed by atoms with van der Waals surface area (Å²) in [6.07, 6.45) is 4.34. The number of nitrogens with one attached hydrogen (secondary N) is 1. The Bertz CT molecular complexity index is 1560. The number of imidazole rings is 1. The lowest BCUT2D eigenvalue weighted by atomic mass is 9.95. The van der Waals surface area contributed by atoms with Gasteiger partial charge in [-0.25, -0.2) is 9.78 Å². The summed E-state index contributed by atoms with van der Waals surface area (Å²) < 4.78 is 24.4. The number of phenols is 1. The van der Waals surface area contributed by atoms with E-state index in [4.69, 9.17) is 15.7 Å². The summed E-state index contributed by atoms with van der Waals surface area (Å²) in [5, 5.41) is 15.0. The number of anilines is 1. The van der Waals surface area contributed by atoms with E-state index in [1.54, 1.807) is 24.4 Å². The monoisotopic (exact) mass is 492 g/mol. The molecule has 2 aromatic carbocycles. The van der Waals surface area contributed by atoms with Crippen LogP contribution in [0.5, 0.6) is 5.75 Å². The molecule has 5 rings (SSSR count). The molecule has 1 saturated heterocycles. The molecular weight excluding hydrogens is 462 g/mol.